The van der Waals surface area contributed by atoms with Crippen LogP contribution >= 0.6 is 0 Å². The molecule has 10 nitrogen and oxygen atoms in total. The van der Waals surface area contributed by atoms with Gasteiger partial charge in [0.05, 0.1) is 16.1 Å². The number of nitrogens with one attached hydrogen (secondary N) is 2. The highest BCUT2D eigenvalue weighted by atomic mass is 16.6. The number of hydrogen-bond acceptors (Lipinski definition) is 6. The van der Waals surface area contributed by atoms with Gasteiger partial charge in [0, 0.05) is 19.2 Å². The topological polar surface area (TPSA) is 139 Å². The predicted molar refractivity (Wildman–Crippen MR) is 71.1 cm³/mol. The Morgan fingerprint density at radius 1 is 1.23 bits per heavy atom. The van der Waals surface area contributed by atoms with Crippen molar-refractivity contribution in [3.05, 3.63) is 39.4 Å². The molecule has 1 aromatic rings. The smallest absolute Gasteiger partial charge is 0.321 e. The Hall–Kier alpha value is -3.30. The Labute approximate surface area is 123 Å². The van der Waals surface area contributed by atoms with E-state index in [9.17, 15) is 29.3 Å². The van der Waals surface area contributed by atoms with E-state index in [1.165, 1.54) is 7.05 Å². The van der Waals surface area contributed by atoms with Crippen molar-refractivity contribution in [1.29, 1.82) is 0 Å². The number of carbonyl (C=O) groups excluding carboxylic acids is 4. The molecule has 0 radical (unpaired) electrons. The Bertz CT molecular complexity index is 714. The van der Waals surface area contributed by atoms with Crippen molar-refractivity contribution in [1.82, 2.24) is 15.5 Å². The van der Waals surface area contributed by atoms with Gasteiger partial charge >= 0.3 is 6.03 Å². The van der Waals surface area contributed by atoms with Crippen LogP contribution in [0.25, 0.3) is 0 Å². The molecular weight excluding hydrogens is 296 g/mol. The molecule has 1 heterocycles. The number of hydrogen-bond donors (Lipinski definition) is 2. The summed E-state index contributed by atoms with van der Waals surface area (Å²) in [6.45, 7) is -0.659. The molecule has 10 heteroatoms. The fourth-order valence-corrected chi connectivity index (χ4v) is 1.91. The zero-order chi connectivity index (χ0) is 16.4. The predicted octanol–water partition coefficient (Wildman–Crippen LogP) is -0.354. The third-order valence-corrected chi connectivity index (χ3v) is 2.95. The zero-order valence-electron chi connectivity index (χ0n) is 11.3. The molecule has 0 aromatic heterocycles. The fourth-order valence-electron chi connectivity index (χ4n) is 1.91. The largest absolute Gasteiger partial charge is 0.341 e. The average molecular weight is 306 g/mol. The fraction of sp³-hybridized carbons (Fsp3) is 0.167. The first kappa shape index (κ1) is 15.1. The second-order valence-corrected chi connectivity index (χ2v) is 4.31. The van der Waals surface area contributed by atoms with Gasteiger partial charge in [0.2, 0.25) is 5.91 Å². The van der Waals surface area contributed by atoms with E-state index in [0.29, 0.717) is 4.90 Å². The lowest BCUT2D eigenvalue weighted by Crippen LogP contribution is -2.45. The number of nitro benzene ring substituents is 1. The quantitative estimate of drug-likeness (QED) is 0.444. The van der Waals surface area contributed by atoms with Crippen molar-refractivity contribution in [2.24, 2.45) is 0 Å². The molecule has 0 fully saturated rings. The van der Waals surface area contributed by atoms with Crippen molar-refractivity contribution >= 4 is 29.4 Å². The van der Waals surface area contributed by atoms with E-state index in [2.05, 4.69) is 5.32 Å². The number of imide groups is 2. The molecule has 0 atom stereocenters. The van der Waals surface area contributed by atoms with Gasteiger partial charge in [-0.15, -0.1) is 0 Å². The summed E-state index contributed by atoms with van der Waals surface area (Å²) in [5.74, 6) is -2.43. The first-order chi connectivity index (χ1) is 10.3. The molecule has 1 aliphatic heterocycles. The maximum absolute atomic E-state index is 12.1. The number of amides is 5. The molecule has 0 saturated carbocycles. The highest BCUT2D eigenvalue weighted by Crippen LogP contribution is 2.26. The van der Waals surface area contributed by atoms with E-state index in [4.69, 9.17) is 0 Å². The van der Waals surface area contributed by atoms with Gasteiger partial charge in [-0.05, 0) is 6.07 Å². The maximum Gasteiger partial charge on any atom is 0.321 e. The van der Waals surface area contributed by atoms with Gasteiger partial charge in [-0.2, -0.15) is 0 Å². The maximum atomic E-state index is 12.1. The summed E-state index contributed by atoms with van der Waals surface area (Å²) in [5, 5.41) is 14.7. The van der Waals surface area contributed by atoms with Crippen molar-refractivity contribution in [2.75, 3.05) is 13.6 Å². The van der Waals surface area contributed by atoms with Crippen LogP contribution in [0.2, 0.25) is 0 Å². The summed E-state index contributed by atoms with van der Waals surface area (Å²) in [5.41, 5.74) is -0.508. The van der Waals surface area contributed by atoms with Gasteiger partial charge in [-0.3, -0.25) is 34.7 Å². The third kappa shape index (κ3) is 2.61. The molecule has 0 spiro atoms. The molecule has 114 valence electrons. The van der Waals surface area contributed by atoms with Crippen LogP contribution in [-0.4, -0.2) is 47.2 Å². The van der Waals surface area contributed by atoms with Crippen LogP contribution in [0.5, 0.6) is 0 Å². The van der Waals surface area contributed by atoms with E-state index in [1.807, 2.05) is 5.32 Å². The summed E-state index contributed by atoms with van der Waals surface area (Å²) in [4.78, 5) is 57.3. The van der Waals surface area contributed by atoms with E-state index in [-0.39, 0.29) is 16.8 Å². The number of urea groups is 1. The van der Waals surface area contributed by atoms with E-state index in [0.717, 1.165) is 18.2 Å². The number of benzene rings is 1. The molecule has 0 aliphatic carbocycles. The molecule has 5 amide bonds. The van der Waals surface area contributed by atoms with Gasteiger partial charge in [0.25, 0.3) is 17.5 Å². The van der Waals surface area contributed by atoms with Gasteiger partial charge in [0.1, 0.15) is 6.54 Å². The summed E-state index contributed by atoms with van der Waals surface area (Å²) in [6.07, 6.45) is 0. The Morgan fingerprint density at radius 3 is 2.45 bits per heavy atom. The molecule has 1 aromatic carbocycles. The first-order valence-electron chi connectivity index (χ1n) is 6.01. The Balaban J connectivity index is 2.22. The number of nitrogens with zero attached hydrogens (tertiary/aromatic N) is 2. The summed E-state index contributed by atoms with van der Waals surface area (Å²) in [7, 11) is 1.30. The van der Waals surface area contributed by atoms with Gasteiger partial charge in [-0.1, -0.05) is 0 Å². The van der Waals surface area contributed by atoms with Gasteiger partial charge in [0.15, 0.2) is 0 Å². The van der Waals surface area contributed by atoms with E-state index >= 15 is 0 Å². The highest BCUT2D eigenvalue weighted by Gasteiger charge is 2.37. The van der Waals surface area contributed by atoms with Crippen LogP contribution in [0, 0.1) is 10.1 Å². The second-order valence-electron chi connectivity index (χ2n) is 4.31. The molecule has 0 saturated heterocycles. The van der Waals surface area contributed by atoms with Crippen LogP contribution in [-0.2, 0) is 4.79 Å². The highest BCUT2D eigenvalue weighted by molar-refractivity contribution is 6.22. The van der Waals surface area contributed by atoms with Crippen molar-refractivity contribution in [3.63, 3.8) is 0 Å². The zero-order valence-corrected chi connectivity index (χ0v) is 11.3. The van der Waals surface area contributed by atoms with Crippen molar-refractivity contribution < 1.29 is 24.1 Å². The van der Waals surface area contributed by atoms with E-state index in [1.54, 1.807) is 0 Å². The lowest BCUT2D eigenvalue weighted by Gasteiger charge is -2.12. The Morgan fingerprint density at radius 2 is 1.86 bits per heavy atom. The minimum atomic E-state index is -0.858. The minimum absolute atomic E-state index is 0.0247. The van der Waals surface area contributed by atoms with Crippen LogP contribution in [0.15, 0.2) is 18.2 Å². The van der Waals surface area contributed by atoms with Crippen molar-refractivity contribution in [2.45, 2.75) is 0 Å². The van der Waals surface area contributed by atoms with Crippen LogP contribution < -0.4 is 10.6 Å². The number of rotatable bonds is 3. The average Bonchev–Trinajstić information content (AvgIpc) is 2.71. The number of non-ortho nitro benzene ring substituents is 1. The number of carbonyl (C=O) groups is 4. The molecule has 0 unspecified atom stereocenters. The summed E-state index contributed by atoms with van der Waals surface area (Å²) >= 11 is 0. The van der Waals surface area contributed by atoms with Crippen LogP contribution in [0.1, 0.15) is 20.7 Å². The normalized spacial score (nSPS) is 12.9. The van der Waals surface area contributed by atoms with Crippen LogP contribution in [0.3, 0.4) is 0 Å². The molecule has 2 rings (SSSR count). The summed E-state index contributed by atoms with van der Waals surface area (Å²) in [6, 6.07) is 2.45. The molecule has 22 heavy (non-hydrogen) atoms. The second kappa shape index (κ2) is 5.60. The first-order valence-corrected chi connectivity index (χ1v) is 6.01. The minimum Gasteiger partial charge on any atom is -0.341 e. The molecule has 2 N–H and O–H groups in total. The number of nitro groups is 1. The SMILES string of the molecule is CNC(=O)NC(=O)CN1C(=O)c2ccc([N+](=O)[O-])cc2C1=O. The molecular formula is C12H10N4O6. The molecule has 1 aliphatic rings. The summed E-state index contributed by atoms with van der Waals surface area (Å²) < 4.78 is 0. The van der Waals surface area contributed by atoms with Crippen LogP contribution in [0.4, 0.5) is 10.5 Å². The van der Waals surface area contributed by atoms with E-state index < -0.39 is 35.2 Å². The van der Waals surface area contributed by atoms with Crippen molar-refractivity contribution in [3.8, 4) is 0 Å². The lowest BCUT2D eigenvalue weighted by molar-refractivity contribution is -0.384. The Kier molecular flexibility index (Phi) is 3.84. The van der Waals surface area contributed by atoms with Gasteiger partial charge < -0.3 is 5.32 Å². The molecule has 0 bridgehead atoms. The standard InChI is InChI=1S/C12H10N4O6/c1-13-12(20)14-9(17)5-15-10(18)7-3-2-6(16(21)22)4-8(7)11(15)19/h2-4H,5H2,1H3,(H2,13,14,17,20). The number of fused-ring (bicyclic) bond motifs is 1. The third-order valence-electron chi connectivity index (χ3n) is 2.95. The monoisotopic (exact) mass is 306 g/mol. The lowest BCUT2D eigenvalue weighted by atomic mass is 10.1. The van der Waals surface area contributed by atoms with Gasteiger partial charge in [-0.25, -0.2) is 4.79 Å².